The van der Waals surface area contributed by atoms with Gasteiger partial charge >= 0.3 is 0 Å². The number of nitrogens with one attached hydrogen (secondary N) is 1. The number of hydrogen-bond acceptors (Lipinski definition) is 4. The van der Waals surface area contributed by atoms with E-state index in [2.05, 4.69) is 36.1 Å². The Hall–Kier alpha value is -0.840. The number of likely N-dealkylation sites (tertiary alicyclic amines) is 1. The van der Waals surface area contributed by atoms with Gasteiger partial charge in [-0.05, 0) is 58.1 Å². The van der Waals surface area contributed by atoms with E-state index in [4.69, 9.17) is 16.6 Å². The molecule has 1 aromatic rings. The Kier molecular flexibility index (Phi) is 6.27. The predicted molar refractivity (Wildman–Crippen MR) is 90.2 cm³/mol. The van der Waals surface area contributed by atoms with Crippen LogP contribution in [0.25, 0.3) is 0 Å². The highest BCUT2D eigenvalue weighted by molar-refractivity contribution is 6.31. The summed E-state index contributed by atoms with van der Waals surface area (Å²) < 4.78 is 0. The number of hydrogen-bond donors (Lipinski definition) is 1. The van der Waals surface area contributed by atoms with Crippen molar-refractivity contribution in [2.24, 2.45) is 0 Å². The second-order valence-corrected chi connectivity index (χ2v) is 6.33. The lowest BCUT2D eigenvalue weighted by atomic mass is 10.0. The van der Waals surface area contributed by atoms with E-state index in [9.17, 15) is 0 Å². The van der Waals surface area contributed by atoms with Crippen LogP contribution in [-0.2, 0) is 6.54 Å². The molecule has 0 aromatic carbocycles. The van der Waals surface area contributed by atoms with Gasteiger partial charge < -0.3 is 15.1 Å². The molecule has 0 unspecified atom stereocenters. The first-order valence-corrected chi connectivity index (χ1v) is 8.27. The number of aromatic nitrogens is 1. The van der Waals surface area contributed by atoms with Crippen LogP contribution in [0.1, 0.15) is 31.9 Å². The van der Waals surface area contributed by atoms with Crippen LogP contribution in [0.3, 0.4) is 0 Å². The van der Waals surface area contributed by atoms with Crippen LogP contribution in [-0.4, -0.2) is 49.7 Å². The highest BCUT2D eigenvalue weighted by atomic mass is 35.5. The Morgan fingerprint density at radius 2 is 2.10 bits per heavy atom. The van der Waals surface area contributed by atoms with Crippen LogP contribution in [0.15, 0.2) is 12.1 Å². The molecule has 4 nitrogen and oxygen atoms in total. The molecule has 0 bridgehead atoms. The van der Waals surface area contributed by atoms with E-state index in [1.165, 1.54) is 12.8 Å². The van der Waals surface area contributed by atoms with Gasteiger partial charge in [0.1, 0.15) is 5.82 Å². The van der Waals surface area contributed by atoms with E-state index < -0.39 is 0 Å². The molecule has 1 aliphatic rings. The Labute approximate surface area is 133 Å². The van der Waals surface area contributed by atoms with Crippen molar-refractivity contribution in [3.8, 4) is 0 Å². The first kappa shape index (κ1) is 16.5. The third-order valence-electron chi connectivity index (χ3n) is 4.22. The quantitative estimate of drug-likeness (QED) is 0.819. The predicted octanol–water partition coefficient (Wildman–Crippen LogP) is 2.77. The van der Waals surface area contributed by atoms with Gasteiger partial charge in [-0.3, -0.25) is 0 Å². The van der Waals surface area contributed by atoms with Crippen molar-refractivity contribution in [3.05, 3.63) is 22.8 Å². The SMILES string of the molecule is CCCNCc1nc(N(C)C2CCN(C)CC2)ccc1Cl. The van der Waals surface area contributed by atoms with Crippen molar-refractivity contribution in [3.63, 3.8) is 0 Å². The summed E-state index contributed by atoms with van der Waals surface area (Å²) in [6.45, 7) is 6.21. The molecule has 0 aliphatic carbocycles. The van der Waals surface area contributed by atoms with E-state index >= 15 is 0 Å². The zero-order valence-electron chi connectivity index (χ0n) is 13.4. The number of rotatable bonds is 6. The molecule has 1 saturated heterocycles. The molecular weight excluding hydrogens is 284 g/mol. The van der Waals surface area contributed by atoms with Crippen LogP contribution in [0.5, 0.6) is 0 Å². The molecule has 1 N–H and O–H groups in total. The van der Waals surface area contributed by atoms with Gasteiger partial charge in [-0.2, -0.15) is 0 Å². The number of nitrogens with zero attached hydrogens (tertiary/aromatic N) is 3. The topological polar surface area (TPSA) is 31.4 Å². The second kappa shape index (κ2) is 7.97. The maximum atomic E-state index is 6.26. The minimum Gasteiger partial charge on any atom is -0.357 e. The Morgan fingerprint density at radius 3 is 2.76 bits per heavy atom. The van der Waals surface area contributed by atoms with E-state index in [0.29, 0.717) is 6.04 Å². The molecule has 0 radical (unpaired) electrons. The third kappa shape index (κ3) is 4.56. The van der Waals surface area contributed by atoms with Crippen molar-refractivity contribution in [2.75, 3.05) is 38.6 Å². The summed E-state index contributed by atoms with van der Waals surface area (Å²) in [6, 6.07) is 4.58. The fraction of sp³-hybridized carbons (Fsp3) is 0.688. The van der Waals surface area contributed by atoms with Crippen molar-refractivity contribution in [2.45, 2.75) is 38.8 Å². The Bertz CT molecular complexity index is 444. The van der Waals surface area contributed by atoms with Crippen LogP contribution in [0.4, 0.5) is 5.82 Å². The zero-order chi connectivity index (χ0) is 15.2. The van der Waals surface area contributed by atoms with E-state index in [-0.39, 0.29) is 0 Å². The Morgan fingerprint density at radius 1 is 1.38 bits per heavy atom. The highest BCUT2D eigenvalue weighted by Gasteiger charge is 2.21. The largest absolute Gasteiger partial charge is 0.357 e. The van der Waals surface area contributed by atoms with Crippen LogP contribution >= 0.6 is 11.6 Å². The molecule has 2 rings (SSSR count). The van der Waals surface area contributed by atoms with Crippen LogP contribution < -0.4 is 10.2 Å². The number of halogens is 1. The molecule has 1 aromatic heterocycles. The maximum Gasteiger partial charge on any atom is 0.128 e. The summed E-state index contributed by atoms with van der Waals surface area (Å²) in [4.78, 5) is 9.46. The van der Waals surface area contributed by atoms with Gasteiger partial charge in [0.2, 0.25) is 0 Å². The molecule has 118 valence electrons. The minimum absolute atomic E-state index is 0.575. The summed E-state index contributed by atoms with van der Waals surface area (Å²) >= 11 is 6.26. The molecular formula is C16H27ClN4. The number of pyridine rings is 1. The van der Waals surface area contributed by atoms with Crippen LogP contribution in [0, 0.1) is 0 Å². The van der Waals surface area contributed by atoms with E-state index in [1.807, 2.05) is 12.1 Å². The van der Waals surface area contributed by atoms with Gasteiger partial charge in [-0.15, -0.1) is 0 Å². The van der Waals surface area contributed by atoms with Crippen molar-refractivity contribution in [1.29, 1.82) is 0 Å². The number of piperidine rings is 1. The first-order chi connectivity index (χ1) is 10.1. The molecule has 21 heavy (non-hydrogen) atoms. The van der Waals surface area contributed by atoms with Gasteiger partial charge in [-0.1, -0.05) is 18.5 Å². The second-order valence-electron chi connectivity index (χ2n) is 5.92. The smallest absolute Gasteiger partial charge is 0.128 e. The lowest BCUT2D eigenvalue weighted by Crippen LogP contribution is -2.42. The fourth-order valence-corrected chi connectivity index (χ4v) is 2.92. The average molecular weight is 311 g/mol. The highest BCUT2D eigenvalue weighted by Crippen LogP contribution is 2.23. The molecule has 1 aliphatic heterocycles. The summed E-state index contributed by atoms with van der Waals surface area (Å²) in [7, 11) is 4.34. The monoisotopic (exact) mass is 310 g/mol. The summed E-state index contributed by atoms with van der Waals surface area (Å²) in [5.74, 6) is 1.03. The number of anilines is 1. The fourth-order valence-electron chi connectivity index (χ4n) is 2.75. The standard InChI is InChI=1S/C16H27ClN4/c1-4-9-18-12-15-14(17)5-6-16(19-15)21(3)13-7-10-20(2)11-8-13/h5-6,13,18H,4,7-12H2,1-3H3. The van der Waals surface area contributed by atoms with Gasteiger partial charge in [0.15, 0.2) is 0 Å². The molecule has 5 heteroatoms. The third-order valence-corrected chi connectivity index (χ3v) is 4.56. The Balaban J connectivity index is 2.03. The minimum atomic E-state index is 0.575. The molecule has 0 atom stereocenters. The van der Waals surface area contributed by atoms with Gasteiger partial charge in [0.25, 0.3) is 0 Å². The summed E-state index contributed by atoms with van der Waals surface area (Å²) in [6.07, 6.45) is 3.51. The van der Waals surface area contributed by atoms with Gasteiger partial charge in [0.05, 0.1) is 10.7 Å². The van der Waals surface area contributed by atoms with Crippen LogP contribution in [0.2, 0.25) is 5.02 Å². The normalized spacial score (nSPS) is 17.1. The summed E-state index contributed by atoms with van der Waals surface area (Å²) in [5, 5.41) is 4.12. The molecule has 0 saturated carbocycles. The van der Waals surface area contributed by atoms with Gasteiger partial charge in [-0.25, -0.2) is 4.98 Å². The van der Waals surface area contributed by atoms with E-state index in [0.717, 1.165) is 49.1 Å². The van der Waals surface area contributed by atoms with Crippen molar-refractivity contribution >= 4 is 17.4 Å². The lowest BCUT2D eigenvalue weighted by Gasteiger charge is -2.35. The van der Waals surface area contributed by atoms with E-state index in [1.54, 1.807) is 0 Å². The molecule has 0 amide bonds. The summed E-state index contributed by atoms with van der Waals surface area (Å²) in [5.41, 5.74) is 0.947. The van der Waals surface area contributed by atoms with Crippen molar-refractivity contribution < 1.29 is 0 Å². The first-order valence-electron chi connectivity index (χ1n) is 7.89. The van der Waals surface area contributed by atoms with Gasteiger partial charge in [0, 0.05) is 19.6 Å². The molecule has 1 fully saturated rings. The molecule has 2 heterocycles. The lowest BCUT2D eigenvalue weighted by molar-refractivity contribution is 0.252. The molecule has 0 spiro atoms. The average Bonchev–Trinajstić information content (AvgIpc) is 2.49. The zero-order valence-corrected chi connectivity index (χ0v) is 14.2. The van der Waals surface area contributed by atoms with Crippen molar-refractivity contribution in [1.82, 2.24) is 15.2 Å². The maximum absolute atomic E-state index is 6.26.